The highest BCUT2D eigenvalue weighted by Crippen LogP contribution is 2.26. The highest BCUT2D eigenvalue weighted by Gasteiger charge is 2.11. The summed E-state index contributed by atoms with van der Waals surface area (Å²) in [4.78, 5) is 24.3. The number of nitro benzene ring substituents is 1. The second-order valence-electron chi connectivity index (χ2n) is 2.45. The Labute approximate surface area is 96.8 Å². The van der Waals surface area contributed by atoms with Gasteiger partial charge in [-0.3, -0.25) is 14.7 Å². The lowest BCUT2D eigenvalue weighted by atomic mass is 10.3. The molecule has 0 aliphatic rings. The van der Waals surface area contributed by atoms with Crippen molar-refractivity contribution < 1.29 is 19.3 Å². The fourth-order valence-corrected chi connectivity index (χ4v) is 1.03. The van der Waals surface area contributed by atoms with Crippen LogP contribution in [0.25, 0.3) is 0 Å². The molecule has 90 valence electrons. The summed E-state index contributed by atoms with van der Waals surface area (Å²) in [5, 5.41) is 13.5. The first-order chi connectivity index (χ1) is 7.38. The minimum atomic E-state index is -3.13. The number of hydrogen-bond acceptors (Lipinski definition) is 4. The van der Waals surface area contributed by atoms with Gasteiger partial charge in [-0.15, -0.1) is 0 Å². The summed E-state index contributed by atoms with van der Waals surface area (Å²) in [6, 6.07) is 4.48. The number of halogens is 1. The van der Waals surface area contributed by atoms with E-state index in [1.54, 1.807) is 19.2 Å². The number of nitrogens with zero attached hydrogens (tertiary/aromatic N) is 1. The maximum atomic E-state index is 10.4. The second-order valence-corrected chi connectivity index (χ2v) is 3.45. The fraction of sp³-hybridized carbons (Fsp3) is 0.143. The normalized spacial score (nSPS) is 9.31. The third kappa shape index (κ3) is 5.67. The summed E-state index contributed by atoms with van der Waals surface area (Å²) in [6.45, 7) is 0. The maximum Gasteiger partial charge on any atom is 0.314 e. The number of rotatable bonds is 2. The van der Waals surface area contributed by atoms with E-state index in [1.807, 2.05) is 0 Å². The first kappa shape index (κ1) is 14.9. The van der Waals surface area contributed by atoms with Crippen molar-refractivity contribution in [1.82, 2.24) is 0 Å². The molecule has 1 aromatic carbocycles. The molecule has 0 atom stereocenters. The number of nitrogens with one attached hydrogen (secondary N) is 1. The van der Waals surface area contributed by atoms with Crippen LogP contribution < -0.4 is 5.32 Å². The minimum absolute atomic E-state index is 0.00926. The maximum absolute atomic E-state index is 10.4. The largest absolute Gasteiger partial charge is 0.383 e. The standard InChI is InChI=1S/C7H7ClN2O2.H3O3P/c1-9-6-3-2-5(8)4-7(6)10(11)12;1-4(2)3/h2-4,9H,1H3;4H,(H2,1,2,3). The van der Waals surface area contributed by atoms with Crippen LogP contribution in [0.15, 0.2) is 18.2 Å². The average Bonchev–Trinajstić information content (AvgIpc) is 2.16. The Hall–Kier alpha value is -1.14. The SMILES string of the molecule is CNc1ccc(Cl)cc1[N+](=O)[O-].O=[PH](O)O. The molecule has 0 saturated carbocycles. The number of benzene rings is 1. The summed E-state index contributed by atoms with van der Waals surface area (Å²) in [6.07, 6.45) is 0. The Kier molecular flexibility index (Phi) is 6.67. The Morgan fingerprint density at radius 1 is 1.50 bits per heavy atom. The average molecular weight is 269 g/mol. The summed E-state index contributed by atoms with van der Waals surface area (Å²) >= 11 is 5.59. The van der Waals surface area contributed by atoms with Crippen molar-refractivity contribution in [3.63, 3.8) is 0 Å². The van der Waals surface area contributed by atoms with E-state index in [9.17, 15) is 10.1 Å². The smallest absolute Gasteiger partial charge is 0.314 e. The topological polar surface area (TPSA) is 113 Å². The molecule has 1 aromatic rings. The van der Waals surface area contributed by atoms with Crippen LogP contribution in [0.2, 0.25) is 5.02 Å². The van der Waals surface area contributed by atoms with E-state index in [0.717, 1.165) is 0 Å². The van der Waals surface area contributed by atoms with Gasteiger partial charge in [0, 0.05) is 18.1 Å². The van der Waals surface area contributed by atoms with E-state index in [-0.39, 0.29) is 5.69 Å². The molecule has 0 aromatic heterocycles. The molecule has 0 saturated heterocycles. The van der Waals surface area contributed by atoms with Crippen molar-refractivity contribution in [3.8, 4) is 0 Å². The van der Waals surface area contributed by atoms with E-state index >= 15 is 0 Å². The summed E-state index contributed by atoms with van der Waals surface area (Å²) in [7, 11) is -1.51. The van der Waals surface area contributed by atoms with E-state index in [0.29, 0.717) is 10.7 Å². The van der Waals surface area contributed by atoms with Gasteiger partial charge in [0.15, 0.2) is 0 Å². The zero-order valence-corrected chi connectivity index (χ0v) is 9.93. The third-order valence-electron chi connectivity index (χ3n) is 1.43. The van der Waals surface area contributed by atoms with Crippen LogP contribution >= 0.6 is 19.9 Å². The molecule has 9 heteroatoms. The number of nitro groups is 1. The monoisotopic (exact) mass is 268 g/mol. The van der Waals surface area contributed by atoms with Gasteiger partial charge in [-0.1, -0.05) is 11.6 Å². The van der Waals surface area contributed by atoms with Gasteiger partial charge < -0.3 is 15.1 Å². The lowest BCUT2D eigenvalue weighted by Gasteiger charge is -2.00. The summed E-state index contributed by atoms with van der Waals surface area (Å²) in [5.74, 6) is 0. The molecule has 0 spiro atoms. The first-order valence-electron chi connectivity index (χ1n) is 3.92. The molecule has 16 heavy (non-hydrogen) atoms. The van der Waals surface area contributed by atoms with Gasteiger partial charge >= 0.3 is 8.25 Å². The predicted octanol–water partition coefficient (Wildman–Crippen LogP) is 1.65. The summed E-state index contributed by atoms with van der Waals surface area (Å²) in [5.41, 5.74) is 0.453. The molecule has 3 N–H and O–H groups in total. The van der Waals surface area contributed by atoms with Crippen molar-refractivity contribution in [2.75, 3.05) is 12.4 Å². The van der Waals surface area contributed by atoms with Gasteiger partial charge in [0.05, 0.1) is 4.92 Å². The van der Waals surface area contributed by atoms with Crippen LogP contribution in [0, 0.1) is 10.1 Å². The molecular weight excluding hydrogens is 259 g/mol. The lowest BCUT2D eigenvalue weighted by molar-refractivity contribution is -0.383. The molecule has 0 heterocycles. The van der Waals surface area contributed by atoms with Crippen molar-refractivity contribution in [2.45, 2.75) is 0 Å². The van der Waals surface area contributed by atoms with E-state index in [2.05, 4.69) is 5.32 Å². The quantitative estimate of drug-likeness (QED) is 0.427. The van der Waals surface area contributed by atoms with E-state index in [4.69, 9.17) is 26.0 Å². The van der Waals surface area contributed by atoms with Crippen LogP contribution in [0.1, 0.15) is 0 Å². The highest BCUT2D eigenvalue weighted by molar-refractivity contribution is 7.30. The van der Waals surface area contributed by atoms with Crippen LogP contribution in [0.3, 0.4) is 0 Å². The zero-order chi connectivity index (χ0) is 12.7. The lowest BCUT2D eigenvalue weighted by Crippen LogP contribution is -1.95. The molecule has 1 rings (SSSR count). The molecule has 0 unspecified atom stereocenters. The van der Waals surface area contributed by atoms with Crippen molar-refractivity contribution >= 4 is 31.2 Å². The predicted molar refractivity (Wildman–Crippen MR) is 61.1 cm³/mol. The minimum Gasteiger partial charge on any atom is -0.383 e. The number of hydrogen-bond donors (Lipinski definition) is 3. The Bertz CT molecular complexity index is 396. The molecule has 7 nitrogen and oxygen atoms in total. The molecular formula is C7H10ClN2O5P. The van der Waals surface area contributed by atoms with Crippen LogP contribution in [-0.2, 0) is 4.57 Å². The molecule has 0 aliphatic carbocycles. The first-order valence-corrected chi connectivity index (χ1v) is 5.60. The fourth-order valence-electron chi connectivity index (χ4n) is 0.867. The Morgan fingerprint density at radius 3 is 2.38 bits per heavy atom. The van der Waals surface area contributed by atoms with Crippen molar-refractivity contribution in [2.24, 2.45) is 0 Å². The highest BCUT2D eigenvalue weighted by atomic mass is 35.5. The van der Waals surface area contributed by atoms with Crippen molar-refractivity contribution in [3.05, 3.63) is 33.3 Å². The molecule has 0 fully saturated rings. The van der Waals surface area contributed by atoms with E-state index in [1.165, 1.54) is 6.07 Å². The molecule has 0 radical (unpaired) electrons. The van der Waals surface area contributed by atoms with Gasteiger partial charge in [0.2, 0.25) is 0 Å². The molecule has 0 amide bonds. The van der Waals surface area contributed by atoms with Gasteiger partial charge in [0.25, 0.3) is 5.69 Å². The van der Waals surface area contributed by atoms with Crippen molar-refractivity contribution in [1.29, 1.82) is 0 Å². The van der Waals surface area contributed by atoms with Crippen LogP contribution in [0.5, 0.6) is 0 Å². The van der Waals surface area contributed by atoms with Gasteiger partial charge in [-0.25, -0.2) is 0 Å². The zero-order valence-electron chi connectivity index (χ0n) is 8.18. The van der Waals surface area contributed by atoms with E-state index < -0.39 is 13.2 Å². The van der Waals surface area contributed by atoms with Gasteiger partial charge in [-0.2, -0.15) is 0 Å². The second kappa shape index (κ2) is 7.19. The Morgan fingerprint density at radius 2 is 2.00 bits per heavy atom. The van der Waals surface area contributed by atoms with Crippen LogP contribution in [-0.4, -0.2) is 21.8 Å². The molecule has 0 aliphatic heterocycles. The third-order valence-corrected chi connectivity index (χ3v) is 1.66. The van der Waals surface area contributed by atoms with Gasteiger partial charge in [-0.05, 0) is 12.1 Å². The van der Waals surface area contributed by atoms with Gasteiger partial charge in [0.1, 0.15) is 5.69 Å². The Balaban J connectivity index is 0.000000487. The molecule has 0 bridgehead atoms. The summed E-state index contributed by atoms with van der Waals surface area (Å²) < 4.78 is 8.74. The van der Waals surface area contributed by atoms with Crippen LogP contribution in [0.4, 0.5) is 11.4 Å². The number of anilines is 1.